The van der Waals surface area contributed by atoms with E-state index < -0.39 is 5.91 Å². The summed E-state index contributed by atoms with van der Waals surface area (Å²) in [7, 11) is 0. The van der Waals surface area contributed by atoms with Crippen LogP contribution in [0.3, 0.4) is 0 Å². The van der Waals surface area contributed by atoms with Crippen molar-refractivity contribution in [2.75, 3.05) is 6.54 Å². The van der Waals surface area contributed by atoms with E-state index in [0.29, 0.717) is 18.5 Å². The number of amides is 2. The highest BCUT2D eigenvalue weighted by Gasteiger charge is 2.38. The zero-order valence-electron chi connectivity index (χ0n) is 15.2. The van der Waals surface area contributed by atoms with Crippen LogP contribution in [-0.4, -0.2) is 28.2 Å². The van der Waals surface area contributed by atoms with Crippen molar-refractivity contribution in [2.24, 2.45) is 0 Å². The molecule has 0 bridgehead atoms. The highest BCUT2D eigenvalue weighted by molar-refractivity contribution is 6.55. The van der Waals surface area contributed by atoms with Crippen LogP contribution in [0.4, 0.5) is 0 Å². The molecule has 0 unspecified atom stereocenters. The molecule has 1 aliphatic rings. The summed E-state index contributed by atoms with van der Waals surface area (Å²) < 4.78 is 0. The topological polar surface area (TPSA) is 53.2 Å². The number of hydrogen-bond acceptors (Lipinski definition) is 2. The maximum absolute atomic E-state index is 12.9. The predicted octanol–water partition coefficient (Wildman–Crippen LogP) is 4.35. The number of aromatic nitrogens is 1. The van der Waals surface area contributed by atoms with Crippen molar-refractivity contribution in [3.05, 3.63) is 75.9 Å². The van der Waals surface area contributed by atoms with E-state index in [-0.39, 0.29) is 10.9 Å². The van der Waals surface area contributed by atoms with Crippen LogP contribution in [0.15, 0.2) is 53.7 Å². The molecule has 0 radical (unpaired) electrons. The van der Waals surface area contributed by atoms with Gasteiger partial charge in [-0.15, -0.1) is 0 Å². The van der Waals surface area contributed by atoms with Crippen molar-refractivity contribution in [2.45, 2.75) is 20.3 Å². The van der Waals surface area contributed by atoms with Gasteiger partial charge in [0.2, 0.25) is 0 Å². The number of halogens is 1. The Labute approximate surface area is 162 Å². The molecule has 0 spiro atoms. The highest BCUT2D eigenvalue weighted by Crippen LogP contribution is 2.34. The van der Waals surface area contributed by atoms with Gasteiger partial charge in [-0.1, -0.05) is 53.6 Å². The second-order valence-electron chi connectivity index (χ2n) is 6.88. The molecule has 1 N–H and O–H groups in total. The van der Waals surface area contributed by atoms with Crippen LogP contribution in [0.25, 0.3) is 16.5 Å². The van der Waals surface area contributed by atoms with Crippen LogP contribution >= 0.6 is 11.6 Å². The molecule has 136 valence electrons. The van der Waals surface area contributed by atoms with E-state index in [4.69, 9.17) is 11.6 Å². The fourth-order valence-electron chi connectivity index (χ4n) is 3.65. The molecule has 4 nitrogen and oxygen atoms in total. The average Bonchev–Trinajstić information content (AvgIpc) is 3.14. The van der Waals surface area contributed by atoms with Gasteiger partial charge in [0.15, 0.2) is 0 Å². The maximum atomic E-state index is 12.9. The molecule has 27 heavy (non-hydrogen) atoms. The number of nitrogens with zero attached hydrogens (tertiary/aromatic N) is 1. The van der Waals surface area contributed by atoms with Crippen LogP contribution in [-0.2, 0) is 16.0 Å². The Hall–Kier alpha value is -2.85. The number of fused-ring (bicyclic) bond motifs is 1. The van der Waals surface area contributed by atoms with Gasteiger partial charge in [-0.2, -0.15) is 0 Å². The fraction of sp³-hybridized carbons (Fsp3) is 0.182. The number of nitrogens with one attached hydrogen (secondary N) is 1. The molecule has 0 aliphatic carbocycles. The minimum absolute atomic E-state index is 0.00544. The van der Waals surface area contributed by atoms with Crippen LogP contribution in [0.5, 0.6) is 0 Å². The molecular formula is C22H19ClN2O2. The number of rotatable bonds is 4. The van der Waals surface area contributed by atoms with Crippen molar-refractivity contribution in [3.8, 4) is 0 Å². The summed E-state index contributed by atoms with van der Waals surface area (Å²) in [4.78, 5) is 30.0. The van der Waals surface area contributed by atoms with Gasteiger partial charge in [0.1, 0.15) is 5.03 Å². The fourth-order valence-corrected chi connectivity index (χ4v) is 3.93. The normalized spacial score (nSPS) is 14.7. The number of benzene rings is 2. The Morgan fingerprint density at radius 3 is 2.59 bits per heavy atom. The molecule has 0 saturated heterocycles. The SMILES string of the molecule is Cc1ccc(C2=C(Cl)C(=O)N(CCc3c[nH]c4ccccc34)C2=O)c(C)c1. The molecule has 3 aromatic rings. The lowest BCUT2D eigenvalue weighted by Gasteiger charge is -2.15. The molecular weight excluding hydrogens is 360 g/mol. The first kappa shape index (κ1) is 17.6. The lowest BCUT2D eigenvalue weighted by Crippen LogP contribution is -2.33. The molecule has 0 atom stereocenters. The van der Waals surface area contributed by atoms with Crippen molar-refractivity contribution < 1.29 is 9.59 Å². The third-order valence-electron chi connectivity index (χ3n) is 5.04. The molecule has 2 heterocycles. The summed E-state index contributed by atoms with van der Waals surface area (Å²) in [6.45, 7) is 4.21. The van der Waals surface area contributed by atoms with Gasteiger partial charge < -0.3 is 4.98 Å². The van der Waals surface area contributed by atoms with Gasteiger partial charge in [-0.05, 0) is 43.0 Å². The summed E-state index contributed by atoms with van der Waals surface area (Å²) in [6, 6.07) is 13.7. The van der Waals surface area contributed by atoms with E-state index in [1.54, 1.807) is 0 Å². The molecule has 2 aromatic carbocycles. The maximum Gasteiger partial charge on any atom is 0.273 e. The quantitative estimate of drug-likeness (QED) is 0.686. The van der Waals surface area contributed by atoms with Crippen LogP contribution in [0.1, 0.15) is 22.3 Å². The Bertz CT molecular complexity index is 1110. The minimum atomic E-state index is -0.420. The molecule has 5 heteroatoms. The van der Waals surface area contributed by atoms with E-state index >= 15 is 0 Å². The van der Waals surface area contributed by atoms with E-state index in [1.807, 2.05) is 62.5 Å². The average molecular weight is 379 g/mol. The lowest BCUT2D eigenvalue weighted by atomic mass is 9.99. The van der Waals surface area contributed by atoms with Crippen molar-refractivity contribution in [1.29, 1.82) is 0 Å². The van der Waals surface area contributed by atoms with Gasteiger partial charge in [-0.3, -0.25) is 14.5 Å². The lowest BCUT2D eigenvalue weighted by molar-refractivity contribution is -0.136. The van der Waals surface area contributed by atoms with Crippen molar-refractivity contribution >= 4 is 39.9 Å². The Morgan fingerprint density at radius 2 is 1.81 bits per heavy atom. The molecule has 1 aliphatic heterocycles. The van der Waals surface area contributed by atoms with E-state index in [9.17, 15) is 9.59 Å². The van der Waals surface area contributed by atoms with Crippen LogP contribution < -0.4 is 0 Å². The molecule has 0 saturated carbocycles. The summed E-state index contributed by atoms with van der Waals surface area (Å²) in [5, 5.41) is 1.11. The number of imide groups is 1. The Kier molecular flexibility index (Phi) is 4.36. The summed E-state index contributed by atoms with van der Waals surface area (Å²) in [5.74, 6) is -0.742. The Balaban J connectivity index is 1.59. The van der Waals surface area contributed by atoms with E-state index in [1.165, 1.54) is 4.90 Å². The zero-order chi connectivity index (χ0) is 19.1. The standard InChI is InChI=1S/C22H19ClN2O2/c1-13-7-8-16(14(2)11-13)19-20(23)22(27)25(21(19)26)10-9-15-12-24-18-6-4-3-5-17(15)18/h3-8,11-12,24H,9-10H2,1-2H3. The van der Waals surface area contributed by atoms with Crippen LogP contribution in [0, 0.1) is 13.8 Å². The summed E-state index contributed by atoms with van der Waals surface area (Å²) >= 11 is 6.28. The largest absolute Gasteiger partial charge is 0.361 e. The minimum Gasteiger partial charge on any atom is -0.361 e. The number of aromatic amines is 1. The van der Waals surface area contributed by atoms with E-state index in [2.05, 4.69) is 4.98 Å². The predicted molar refractivity (Wildman–Crippen MR) is 107 cm³/mol. The summed E-state index contributed by atoms with van der Waals surface area (Å²) in [6.07, 6.45) is 2.50. The van der Waals surface area contributed by atoms with Gasteiger partial charge in [0, 0.05) is 23.6 Å². The van der Waals surface area contributed by atoms with Crippen molar-refractivity contribution in [3.63, 3.8) is 0 Å². The smallest absolute Gasteiger partial charge is 0.273 e. The zero-order valence-corrected chi connectivity index (χ0v) is 15.9. The second kappa shape index (κ2) is 6.71. The number of carbonyl (C=O) groups is 2. The third-order valence-corrected chi connectivity index (χ3v) is 5.39. The van der Waals surface area contributed by atoms with Crippen LogP contribution in [0.2, 0.25) is 0 Å². The van der Waals surface area contributed by atoms with Gasteiger partial charge >= 0.3 is 0 Å². The number of H-pyrrole nitrogens is 1. The highest BCUT2D eigenvalue weighted by atomic mass is 35.5. The van der Waals surface area contributed by atoms with Crippen molar-refractivity contribution in [1.82, 2.24) is 9.88 Å². The molecule has 4 rings (SSSR count). The monoisotopic (exact) mass is 378 g/mol. The first-order valence-corrected chi connectivity index (χ1v) is 9.23. The molecule has 1 aromatic heterocycles. The van der Waals surface area contributed by atoms with Gasteiger partial charge in [-0.25, -0.2) is 0 Å². The summed E-state index contributed by atoms with van der Waals surface area (Å²) in [5.41, 5.74) is 5.17. The number of para-hydroxylation sites is 1. The van der Waals surface area contributed by atoms with E-state index in [0.717, 1.165) is 33.2 Å². The van der Waals surface area contributed by atoms with Gasteiger partial charge in [0.05, 0.1) is 5.57 Å². The number of carbonyl (C=O) groups excluding carboxylic acids is 2. The molecule has 0 fully saturated rings. The second-order valence-corrected chi connectivity index (χ2v) is 7.26. The first-order valence-electron chi connectivity index (χ1n) is 8.86. The first-order chi connectivity index (χ1) is 13.0. The Morgan fingerprint density at radius 1 is 1.04 bits per heavy atom. The number of aryl methyl sites for hydroxylation is 2. The molecule has 2 amide bonds. The van der Waals surface area contributed by atoms with Gasteiger partial charge in [0.25, 0.3) is 11.8 Å². The number of hydrogen-bond donors (Lipinski definition) is 1. The third kappa shape index (κ3) is 2.96.